The maximum absolute atomic E-state index is 11.1. The zero-order valence-corrected chi connectivity index (χ0v) is 9.59. The van der Waals surface area contributed by atoms with E-state index in [0.717, 1.165) is 0 Å². The molecule has 1 unspecified atom stereocenters. The lowest BCUT2D eigenvalue weighted by Gasteiger charge is -2.04. The van der Waals surface area contributed by atoms with E-state index in [1.165, 1.54) is 18.2 Å². The highest BCUT2D eigenvalue weighted by atomic mass is 35.7. The number of rotatable bonds is 2. The first kappa shape index (κ1) is 11.2. The Hall–Kier alpha value is -1.27. The van der Waals surface area contributed by atoms with E-state index in [-0.39, 0.29) is 11.5 Å². The molecule has 1 aliphatic rings. The molecule has 0 spiro atoms. The second-order valence-corrected chi connectivity index (χ2v) is 5.97. The van der Waals surface area contributed by atoms with E-state index in [1.807, 2.05) is 0 Å². The quantitative estimate of drug-likeness (QED) is 0.789. The number of carbonyl (C=O) groups excluding carboxylic acids is 1. The molecule has 1 aromatic rings. The summed E-state index contributed by atoms with van der Waals surface area (Å²) in [5, 5.41) is 0. The molecule has 1 aliphatic heterocycles. The van der Waals surface area contributed by atoms with Crippen LogP contribution in [0.4, 0.5) is 0 Å². The van der Waals surface area contributed by atoms with E-state index in [9.17, 15) is 13.2 Å². The third kappa shape index (κ3) is 1.85. The molecular weight excluding hydrogens is 254 g/mol. The maximum Gasteiger partial charge on any atom is 0.261 e. The van der Waals surface area contributed by atoms with Crippen LogP contribution >= 0.6 is 10.7 Å². The smallest absolute Gasteiger partial charge is 0.261 e. The van der Waals surface area contributed by atoms with Gasteiger partial charge in [-0.05, 0) is 18.2 Å². The minimum Gasteiger partial charge on any atom is -0.492 e. The highest BCUT2D eigenvalue weighted by Gasteiger charge is 2.30. The second kappa shape index (κ2) is 3.64. The van der Waals surface area contributed by atoms with Gasteiger partial charge < -0.3 is 10.5 Å². The molecule has 7 heteroatoms. The van der Waals surface area contributed by atoms with Crippen LogP contribution in [0.15, 0.2) is 23.1 Å². The standard InChI is InChI=1S/C9H8ClNO4S/c10-16(13,14)5-1-2-8-6(3-5)7(4-15-8)9(11)12/h1-3,7H,4H2,(H2,11,12). The van der Waals surface area contributed by atoms with Gasteiger partial charge in [-0.2, -0.15) is 0 Å². The fourth-order valence-corrected chi connectivity index (χ4v) is 2.37. The van der Waals surface area contributed by atoms with Crippen molar-refractivity contribution in [3.05, 3.63) is 23.8 Å². The van der Waals surface area contributed by atoms with Crippen LogP contribution in [0.5, 0.6) is 5.75 Å². The SMILES string of the molecule is NC(=O)C1COc2ccc(S(=O)(=O)Cl)cc21. The number of hydrogen-bond donors (Lipinski definition) is 1. The fourth-order valence-electron chi connectivity index (χ4n) is 1.58. The van der Waals surface area contributed by atoms with E-state index in [0.29, 0.717) is 11.3 Å². The first-order valence-electron chi connectivity index (χ1n) is 4.40. The first-order chi connectivity index (χ1) is 7.39. The summed E-state index contributed by atoms with van der Waals surface area (Å²) in [5.41, 5.74) is 5.64. The van der Waals surface area contributed by atoms with Crippen LogP contribution in [0, 0.1) is 0 Å². The van der Waals surface area contributed by atoms with Gasteiger partial charge in [-0.3, -0.25) is 4.79 Å². The van der Waals surface area contributed by atoms with Crippen LogP contribution in [0.1, 0.15) is 11.5 Å². The van der Waals surface area contributed by atoms with Gasteiger partial charge >= 0.3 is 0 Å². The van der Waals surface area contributed by atoms with Crippen LogP contribution in [-0.2, 0) is 13.8 Å². The van der Waals surface area contributed by atoms with E-state index < -0.39 is 20.9 Å². The summed E-state index contributed by atoms with van der Waals surface area (Å²) in [6, 6.07) is 4.11. The number of carbonyl (C=O) groups is 1. The van der Waals surface area contributed by atoms with Gasteiger partial charge in [0.15, 0.2) is 0 Å². The fraction of sp³-hybridized carbons (Fsp3) is 0.222. The topological polar surface area (TPSA) is 86.5 Å². The molecule has 0 aromatic heterocycles. The van der Waals surface area contributed by atoms with Gasteiger partial charge in [0.1, 0.15) is 18.3 Å². The van der Waals surface area contributed by atoms with Crippen molar-refractivity contribution >= 4 is 25.6 Å². The zero-order valence-electron chi connectivity index (χ0n) is 8.01. The van der Waals surface area contributed by atoms with E-state index in [2.05, 4.69) is 0 Å². The number of benzene rings is 1. The highest BCUT2D eigenvalue weighted by molar-refractivity contribution is 8.13. The lowest BCUT2D eigenvalue weighted by Crippen LogP contribution is -2.22. The van der Waals surface area contributed by atoms with Crippen LogP contribution in [0.25, 0.3) is 0 Å². The van der Waals surface area contributed by atoms with Crippen LogP contribution in [0.2, 0.25) is 0 Å². The van der Waals surface area contributed by atoms with Crippen molar-refractivity contribution in [3.63, 3.8) is 0 Å². The number of fused-ring (bicyclic) bond motifs is 1. The monoisotopic (exact) mass is 261 g/mol. The summed E-state index contributed by atoms with van der Waals surface area (Å²) in [4.78, 5) is 11.0. The van der Waals surface area contributed by atoms with Crippen LogP contribution in [0.3, 0.4) is 0 Å². The Labute approximate surface area is 96.6 Å². The molecule has 0 fully saturated rings. The molecule has 1 atom stereocenters. The average Bonchev–Trinajstić information content (AvgIpc) is 2.58. The van der Waals surface area contributed by atoms with Crippen molar-refractivity contribution in [2.24, 2.45) is 5.73 Å². The van der Waals surface area contributed by atoms with Crippen LogP contribution < -0.4 is 10.5 Å². The minimum absolute atomic E-state index is 0.0651. The normalized spacial score (nSPS) is 18.9. The molecule has 0 aliphatic carbocycles. The Kier molecular flexibility index (Phi) is 2.55. The maximum atomic E-state index is 11.1. The Morgan fingerprint density at radius 2 is 2.19 bits per heavy atom. The predicted octanol–water partition coefficient (Wildman–Crippen LogP) is 0.575. The second-order valence-electron chi connectivity index (χ2n) is 3.40. The molecule has 1 heterocycles. The Balaban J connectivity index is 2.54. The van der Waals surface area contributed by atoms with Crippen molar-refractivity contribution in [2.45, 2.75) is 10.8 Å². The highest BCUT2D eigenvalue weighted by Crippen LogP contribution is 2.35. The summed E-state index contributed by atoms with van der Waals surface area (Å²) < 4.78 is 27.4. The molecule has 0 saturated carbocycles. The zero-order chi connectivity index (χ0) is 11.9. The molecule has 1 aromatic carbocycles. The Morgan fingerprint density at radius 3 is 2.75 bits per heavy atom. The molecule has 1 amide bonds. The third-order valence-electron chi connectivity index (χ3n) is 2.39. The van der Waals surface area contributed by atoms with E-state index >= 15 is 0 Å². The number of hydrogen-bond acceptors (Lipinski definition) is 4. The summed E-state index contributed by atoms with van der Waals surface area (Å²) in [5.74, 6) is -0.705. The van der Waals surface area contributed by atoms with Gasteiger partial charge in [-0.15, -0.1) is 0 Å². The molecule has 86 valence electrons. The lowest BCUT2D eigenvalue weighted by molar-refractivity contribution is -0.119. The summed E-state index contributed by atoms with van der Waals surface area (Å²) in [6.45, 7) is 0.135. The molecule has 2 rings (SSSR count). The van der Waals surface area contributed by atoms with Gasteiger partial charge in [0, 0.05) is 16.2 Å². The Morgan fingerprint density at radius 1 is 1.50 bits per heavy atom. The van der Waals surface area contributed by atoms with Crippen LogP contribution in [-0.4, -0.2) is 20.9 Å². The van der Waals surface area contributed by atoms with Gasteiger partial charge in [0.25, 0.3) is 9.05 Å². The molecule has 5 nitrogen and oxygen atoms in total. The van der Waals surface area contributed by atoms with Crippen molar-refractivity contribution < 1.29 is 17.9 Å². The van der Waals surface area contributed by atoms with Gasteiger partial charge in [0.05, 0.1) is 4.90 Å². The van der Waals surface area contributed by atoms with E-state index in [1.54, 1.807) is 0 Å². The molecule has 2 N–H and O–H groups in total. The number of primary amides is 1. The van der Waals surface area contributed by atoms with Gasteiger partial charge in [-0.25, -0.2) is 8.42 Å². The van der Waals surface area contributed by atoms with Gasteiger partial charge in [0.2, 0.25) is 5.91 Å². The van der Waals surface area contributed by atoms with Crippen molar-refractivity contribution in [2.75, 3.05) is 6.61 Å². The molecule has 0 radical (unpaired) electrons. The van der Waals surface area contributed by atoms with Crippen molar-refractivity contribution in [1.82, 2.24) is 0 Å². The minimum atomic E-state index is -3.81. The molecule has 16 heavy (non-hydrogen) atoms. The number of ether oxygens (including phenoxy) is 1. The average molecular weight is 262 g/mol. The first-order valence-corrected chi connectivity index (χ1v) is 6.71. The molecular formula is C9H8ClNO4S. The lowest BCUT2D eigenvalue weighted by atomic mass is 10.0. The van der Waals surface area contributed by atoms with Crippen molar-refractivity contribution in [1.29, 1.82) is 0 Å². The number of nitrogens with two attached hydrogens (primary N) is 1. The summed E-state index contributed by atoms with van der Waals surface area (Å²) in [6.07, 6.45) is 0. The molecule has 0 bridgehead atoms. The summed E-state index contributed by atoms with van der Waals surface area (Å²) in [7, 11) is 1.39. The third-order valence-corrected chi connectivity index (χ3v) is 3.74. The van der Waals surface area contributed by atoms with E-state index in [4.69, 9.17) is 21.2 Å². The molecule has 0 saturated heterocycles. The Bertz CT molecular complexity index is 555. The summed E-state index contributed by atoms with van der Waals surface area (Å²) >= 11 is 0. The largest absolute Gasteiger partial charge is 0.492 e. The van der Waals surface area contributed by atoms with Crippen molar-refractivity contribution in [3.8, 4) is 5.75 Å². The van der Waals surface area contributed by atoms with Gasteiger partial charge in [-0.1, -0.05) is 0 Å². The predicted molar refractivity (Wildman–Crippen MR) is 56.9 cm³/mol. The number of halogens is 1. The number of amides is 1.